The van der Waals surface area contributed by atoms with Crippen molar-refractivity contribution >= 4 is 17.9 Å². The summed E-state index contributed by atoms with van der Waals surface area (Å²) in [6.45, 7) is 16.3. The van der Waals surface area contributed by atoms with Crippen LogP contribution >= 0.6 is 0 Å². The molecule has 0 spiro atoms. The van der Waals surface area contributed by atoms with Gasteiger partial charge in [0, 0.05) is 29.5 Å². The van der Waals surface area contributed by atoms with Crippen molar-refractivity contribution in [3.8, 4) is 50.6 Å². The molecule has 0 atom stereocenters. The lowest BCUT2D eigenvalue weighted by Crippen LogP contribution is -2.38. The van der Waals surface area contributed by atoms with Crippen LogP contribution in [0.15, 0.2) is 84.9 Å². The maximum Gasteiger partial charge on any atom is 0.333 e. The number of ether oxygens (including phenoxy) is 5. The summed E-state index contributed by atoms with van der Waals surface area (Å²) in [4.78, 5) is 37.2. The molecule has 0 bridgehead atoms. The molecule has 0 aliphatic carbocycles. The molecule has 0 heterocycles. The molecule has 4 rings (SSSR count). The Labute approximate surface area is 330 Å². The van der Waals surface area contributed by atoms with Gasteiger partial charge in [-0.15, -0.1) is 0 Å². The lowest BCUT2D eigenvalue weighted by Gasteiger charge is -2.25. The summed E-state index contributed by atoms with van der Waals surface area (Å²) < 4.78 is 28.5. The van der Waals surface area contributed by atoms with Gasteiger partial charge in [0.15, 0.2) is 0 Å². The highest BCUT2D eigenvalue weighted by Gasteiger charge is 2.35. The predicted molar refractivity (Wildman–Crippen MR) is 217 cm³/mol. The number of esters is 3. The van der Waals surface area contributed by atoms with Gasteiger partial charge in [-0.25, -0.2) is 4.79 Å². The molecule has 2 N–H and O–H groups in total. The van der Waals surface area contributed by atoms with Gasteiger partial charge in [-0.2, -0.15) is 0 Å². The Balaban J connectivity index is 1.76. The van der Waals surface area contributed by atoms with Crippen LogP contribution < -0.4 is 14.2 Å². The van der Waals surface area contributed by atoms with Gasteiger partial charge in [0.25, 0.3) is 0 Å². The number of hydrogen-bond acceptors (Lipinski definition) is 10. The summed E-state index contributed by atoms with van der Waals surface area (Å²) in [7, 11) is 0. The first kappa shape index (κ1) is 43.3. The minimum Gasteiger partial charge on any atom is -0.493 e. The minimum absolute atomic E-state index is 0.192. The van der Waals surface area contributed by atoms with Crippen LogP contribution in [0.3, 0.4) is 0 Å². The molecule has 56 heavy (non-hydrogen) atoms. The number of rotatable bonds is 19. The molecule has 298 valence electrons. The third kappa shape index (κ3) is 11.3. The molecule has 0 aliphatic heterocycles. The van der Waals surface area contributed by atoms with Crippen molar-refractivity contribution in [2.24, 2.45) is 11.3 Å². The predicted octanol–water partition coefficient (Wildman–Crippen LogP) is 8.37. The largest absolute Gasteiger partial charge is 0.493 e. The molecule has 4 aromatic carbocycles. The first-order chi connectivity index (χ1) is 26.7. The summed E-state index contributed by atoms with van der Waals surface area (Å²) in [5.41, 5.74) is 6.70. The molecule has 4 aromatic rings. The van der Waals surface area contributed by atoms with E-state index in [1.165, 1.54) is 6.92 Å². The van der Waals surface area contributed by atoms with Crippen LogP contribution in [-0.2, 0) is 23.9 Å². The average molecular weight is 767 g/mol. The quantitative estimate of drug-likeness (QED) is 0.0415. The minimum atomic E-state index is -1.56. The summed E-state index contributed by atoms with van der Waals surface area (Å²) in [6, 6.07) is 23.0. The van der Waals surface area contributed by atoms with Gasteiger partial charge in [0.1, 0.15) is 22.7 Å². The van der Waals surface area contributed by atoms with Gasteiger partial charge in [0.2, 0.25) is 0 Å². The van der Waals surface area contributed by atoms with Crippen molar-refractivity contribution in [1.29, 1.82) is 0 Å². The summed E-state index contributed by atoms with van der Waals surface area (Å²) >= 11 is 0. The van der Waals surface area contributed by atoms with Crippen molar-refractivity contribution in [2.75, 3.05) is 39.6 Å². The van der Waals surface area contributed by atoms with E-state index in [0.29, 0.717) is 54.3 Å². The average Bonchev–Trinajstić information content (AvgIpc) is 3.17. The molecule has 0 unspecified atom stereocenters. The van der Waals surface area contributed by atoms with Crippen molar-refractivity contribution in [3.63, 3.8) is 0 Å². The standard InChI is InChI=1S/C46H54O10/c1-29(2)43(49)54-21-9-19-52-37-15-11-34(12-16-37)39-25-36(41-32(6)23-31(5)24-33(41)7)26-40(42(39)56-45(51)46(8,27-47)28-48)35-13-17-38(18-14-35)53-20-10-22-55-44(50)30(3)4/h11-18,23-26,30,47-48H,1,9-10,19-22,27-28H2,2-8H3. The molecular formula is C46H54O10. The molecule has 0 aromatic heterocycles. The molecule has 0 radical (unpaired) electrons. The van der Waals surface area contributed by atoms with E-state index in [4.69, 9.17) is 23.7 Å². The van der Waals surface area contributed by atoms with Gasteiger partial charge >= 0.3 is 17.9 Å². The topological polar surface area (TPSA) is 138 Å². The maximum atomic E-state index is 13.7. The van der Waals surface area contributed by atoms with E-state index in [-0.39, 0.29) is 30.9 Å². The third-order valence-corrected chi connectivity index (χ3v) is 9.18. The lowest BCUT2D eigenvalue weighted by atomic mass is 9.88. The highest BCUT2D eigenvalue weighted by atomic mass is 16.5. The Morgan fingerprint density at radius 3 is 1.59 bits per heavy atom. The number of aryl methyl sites for hydroxylation is 3. The van der Waals surface area contributed by atoms with Crippen LogP contribution in [0.2, 0.25) is 0 Å². The molecule has 10 nitrogen and oxygen atoms in total. The molecule has 0 amide bonds. The number of carbonyl (C=O) groups excluding carboxylic acids is 3. The van der Waals surface area contributed by atoms with E-state index >= 15 is 0 Å². The second-order valence-corrected chi connectivity index (χ2v) is 14.6. The number of benzene rings is 4. The third-order valence-electron chi connectivity index (χ3n) is 9.18. The Kier molecular flexibility index (Phi) is 15.4. The fourth-order valence-corrected chi connectivity index (χ4v) is 5.93. The van der Waals surface area contributed by atoms with Crippen LogP contribution in [0, 0.1) is 32.1 Å². The van der Waals surface area contributed by atoms with Gasteiger partial charge in [0.05, 0.1) is 45.6 Å². The van der Waals surface area contributed by atoms with Gasteiger partial charge < -0.3 is 33.9 Å². The first-order valence-corrected chi connectivity index (χ1v) is 18.8. The molecule has 0 fully saturated rings. The van der Waals surface area contributed by atoms with Crippen molar-refractivity contribution < 1.29 is 48.3 Å². The fraction of sp³-hybridized carbons (Fsp3) is 0.370. The Morgan fingerprint density at radius 2 is 1.16 bits per heavy atom. The monoisotopic (exact) mass is 766 g/mol. The summed E-state index contributed by atoms with van der Waals surface area (Å²) in [5, 5.41) is 20.2. The van der Waals surface area contributed by atoms with Crippen LogP contribution in [-0.4, -0.2) is 67.8 Å². The molecule has 10 heteroatoms. The zero-order chi connectivity index (χ0) is 41.0. The number of carbonyl (C=O) groups is 3. The lowest BCUT2D eigenvalue weighted by molar-refractivity contribution is -0.150. The van der Waals surface area contributed by atoms with Gasteiger partial charge in [-0.3, -0.25) is 9.59 Å². The SMILES string of the molecule is C=C(C)C(=O)OCCCOc1ccc(-c2cc(-c3c(C)cc(C)cc3C)cc(-c3ccc(OCCCOC(=O)C(C)C)cc3)c2OC(=O)C(C)(CO)CO)cc1. The first-order valence-electron chi connectivity index (χ1n) is 18.8. The Hall–Kier alpha value is -5.45. The second-order valence-electron chi connectivity index (χ2n) is 14.6. The van der Waals surface area contributed by atoms with Crippen molar-refractivity contribution in [2.45, 2.75) is 61.3 Å². The van der Waals surface area contributed by atoms with Gasteiger partial charge in [-0.1, -0.05) is 62.4 Å². The fourth-order valence-electron chi connectivity index (χ4n) is 5.93. The zero-order valence-corrected chi connectivity index (χ0v) is 33.5. The van der Waals surface area contributed by atoms with Crippen LogP contribution in [0.25, 0.3) is 33.4 Å². The van der Waals surface area contributed by atoms with E-state index in [9.17, 15) is 24.6 Å². The highest BCUT2D eigenvalue weighted by Crippen LogP contribution is 2.45. The molecule has 0 saturated carbocycles. The highest BCUT2D eigenvalue weighted by molar-refractivity contribution is 5.92. The van der Waals surface area contributed by atoms with E-state index < -0.39 is 30.6 Å². The summed E-state index contributed by atoms with van der Waals surface area (Å²) in [6.07, 6.45) is 1.03. The molecular weight excluding hydrogens is 712 g/mol. The van der Waals surface area contributed by atoms with Crippen molar-refractivity contribution in [1.82, 2.24) is 0 Å². The number of hydrogen-bond donors (Lipinski definition) is 2. The van der Waals surface area contributed by atoms with Crippen molar-refractivity contribution in [3.05, 3.63) is 102 Å². The Bertz CT molecular complexity index is 1970. The maximum absolute atomic E-state index is 13.7. The smallest absolute Gasteiger partial charge is 0.333 e. The van der Waals surface area contributed by atoms with Crippen LogP contribution in [0.5, 0.6) is 17.2 Å². The second kappa shape index (κ2) is 19.9. The molecule has 0 saturated heterocycles. The zero-order valence-electron chi connectivity index (χ0n) is 33.5. The Morgan fingerprint density at radius 1 is 0.696 bits per heavy atom. The number of aliphatic hydroxyl groups excluding tert-OH is 2. The van der Waals surface area contributed by atoms with Crippen LogP contribution in [0.1, 0.15) is 57.2 Å². The van der Waals surface area contributed by atoms with Crippen LogP contribution in [0.4, 0.5) is 0 Å². The van der Waals surface area contributed by atoms with E-state index in [1.807, 2.05) is 60.7 Å². The number of aliphatic hydroxyl groups is 2. The van der Waals surface area contributed by atoms with E-state index in [2.05, 4.69) is 39.5 Å². The van der Waals surface area contributed by atoms with E-state index in [1.54, 1.807) is 20.8 Å². The normalized spacial score (nSPS) is 11.2. The molecule has 0 aliphatic rings. The van der Waals surface area contributed by atoms with E-state index in [0.717, 1.165) is 38.9 Å². The summed E-state index contributed by atoms with van der Waals surface area (Å²) in [5.74, 6) is -0.203. The van der Waals surface area contributed by atoms with Gasteiger partial charge in [-0.05, 0) is 104 Å².